The predicted molar refractivity (Wildman–Crippen MR) is 112 cm³/mol. The number of hydrogen-bond acceptors (Lipinski definition) is 3. The number of rotatable bonds is 6. The quantitative estimate of drug-likeness (QED) is 0.497. The number of anilines is 1. The van der Waals surface area contributed by atoms with Crippen molar-refractivity contribution in [2.45, 2.75) is 13.1 Å². The summed E-state index contributed by atoms with van der Waals surface area (Å²) < 4.78 is 15.9. The summed E-state index contributed by atoms with van der Waals surface area (Å²) in [6, 6.07) is 23.1. The van der Waals surface area contributed by atoms with E-state index in [1.807, 2.05) is 35.0 Å². The second-order valence-corrected chi connectivity index (χ2v) is 6.72. The van der Waals surface area contributed by atoms with E-state index in [4.69, 9.17) is 0 Å². The van der Waals surface area contributed by atoms with Gasteiger partial charge in [-0.1, -0.05) is 54.6 Å². The highest BCUT2D eigenvalue weighted by atomic mass is 19.1. The van der Waals surface area contributed by atoms with Gasteiger partial charge in [-0.15, -0.1) is 0 Å². The van der Waals surface area contributed by atoms with Crippen LogP contribution in [0.15, 0.2) is 85.5 Å². The molecule has 0 amide bonds. The van der Waals surface area contributed by atoms with Crippen LogP contribution < -0.4 is 5.32 Å². The number of benzene rings is 3. The molecule has 0 bridgehead atoms. The smallest absolute Gasteiger partial charge is 0.143 e. The van der Waals surface area contributed by atoms with E-state index in [0.717, 1.165) is 23.2 Å². The lowest BCUT2D eigenvalue weighted by atomic mass is 9.98. The van der Waals surface area contributed by atoms with E-state index >= 15 is 0 Å². The molecule has 1 N–H and O–H groups in total. The van der Waals surface area contributed by atoms with E-state index in [2.05, 4.69) is 40.6 Å². The van der Waals surface area contributed by atoms with Crippen molar-refractivity contribution < 1.29 is 4.39 Å². The summed E-state index contributed by atoms with van der Waals surface area (Å²) in [6.07, 6.45) is 5.52. The van der Waals surface area contributed by atoms with Crippen LogP contribution in [0.5, 0.6) is 0 Å². The Balaban J connectivity index is 1.54. The van der Waals surface area contributed by atoms with Crippen molar-refractivity contribution in [3.63, 3.8) is 0 Å². The molecule has 0 radical (unpaired) electrons. The van der Waals surface area contributed by atoms with Crippen molar-refractivity contribution in [1.29, 1.82) is 5.26 Å². The van der Waals surface area contributed by atoms with Crippen LogP contribution in [-0.4, -0.2) is 9.55 Å². The van der Waals surface area contributed by atoms with Gasteiger partial charge in [0.2, 0.25) is 0 Å². The van der Waals surface area contributed by atoms with E-state index in [1.54, 1.807) is 24.7 Å². The molecule has 0 atom stereocenters. The maximum absolute atomic E-state index is 13.8. The molecule has 142 valence electrons. The molecule has 0 saturated carbocycles. The van der Waals surface area contributed by atoms with Gasteiger partial charge in [0.05, 0.1) is 12.0 Å². The number of halogens is 1. The Morgan fingerprint density at radius 2 is 1.83 bits per heavy atom. The fourth-order valence-electron chi connectivity index (χ4n) is 3.31. The highest BCUT2D eigenvalue weighted by molar-refractivity contribution is 5.68. The van der Waals surface area contributed by atoms with Gasteiger partial charge in [-0.25, -0.2) is 9.37 Å². The molecular weight excluding hydrogens is 363 g/mol. The van der Waals surface area contributed by atoms with E-state index in [9.17, 15) is 9.65 Å². The van der Waals surface area contributed by atoms with Gasteiger partial charge in [-0.3, -0.25) is 0 Å². The molecule has 4 aromatic rings. The number of aromatic nitrogens is 2. The first-order chi connectivity index (χ1) is 14.2. The normalized spacial score (nSPS) is 10.5. The fraction of sp³-hybridized carbons (Fsp3) is 0.0833. The average molecular weight is 382 g/mol. The van der Waals surface area contributed by atoms with E-state index in [1.165, 1.54) is 11.6 Å². The molecule has 4 nitrogen and oxygen atoms in total. The molecule has 29 heavy (non-hydrogen) atoms. The van der Waals surface area contributed by atoms with Gasteiger partial charge in [0.15, 0.2) is 0 Å². The maximum Gasteiger partial charge on any atom is 0.143 e. The third kappa shape index (κ3) is 4.17. The van der Waals surface area contributed by atoms with Crippen LogP contribution in [0.2, 0.25) is 0 Å². The number of nitrogens with zero attached hydrogens (tertiary/aromatic N) is 3. The Labute approximate surface area is 168 Å². The summed E-state index contributed by atoms with van der Waals surface area (Å²) in [5.41, 5.74) is 5.01. The summed E-state index contributed by atoms with van der Waals surface area (Å²) in [5, 5.41) is 12.4. The van der Waals surface area contributed by atoms with Gasteiger partial charge >= 0.3 is 0 Å². The zero-order chi connectivity index (χ0) is 20.1. The Morgan fingerprint density at radius 3 is 2.59 bits per heavy atom. The lowest BCUT2D eigenvalue weighted by Crippen LogP contribution is -2.04. The lowest BCUT2D eigenvalue weighted by Gasteiger charge is -2.13. The second kappa shape index (κ2) is 8.41. The van der Waals surface area contributed by atoms with Gasteiger partial charge in [0.25, 0.3) is 0 Å². The van der Waals surface area contributed by atoms with Gasteiger partial charge in [0.1, 0.15) is 17.4 Å². The highest BCUT2D eigenvalue weighted by Crippen LogP contribution is 2.26. The standard InChI is InChI=1S/C24H19FN4/c25-23-6-3-7-24(22(23)14-26)28-15-20-4-1-2-5-21(20)19-10-8-18(9-11-19)16-29-13-12-27-17-29/h1-13,17,28H,15-16H2. The van der Waals surface area contributed by atoms with Crippen LogP contribution in [0.4, 0.5) is 10.1 Å². The molecule has 1 aromatic heterocycles. The number of hydrogen-bond donors (Lipinski definition) is 1. The minimum Gasteiger partial charge on any atom is -0.380 e. The average Bonchev–Trinajstić information content (AvgIpc) is 3.26. The molecule has 1 heterocycles. The number of nitriles is 1. The van der Waals surface area contributed by atoms with E-state index in [-0.39, 0.29) is 5.56 Å². The lowest BCUT2D eigenvalue weighted by molar-refractivity contribution is 0.624. The van der Waals surface area contributed by atoms with Crippen LogP contribution in [-0.2, 0) is 13.1 Å². The van der Waals surface area contributed by atoms with Crippen LogP contribution in [0.1, 0.15) is 16.7 Å². The summed E-state index contributed by atoms with van der Waals surface area (Å²) >= 11 is 0. The molecule has 0 fully saturated rings. The van der Waals surface area contributed by atoms with Crippen LogP contribution in [0.25, 0.3) is 11.1 Å². The van der Waals surface area contributed by atoms with Gasteiger partial charge in [0, 0.05) is 25.5 Å². The first-order valence-electron chi connectivity index (χ1n) is 9.30. The molecule has 0 aliphatic heterocycles. The van der Waals surface area contributed by atoms with Crippen molar-refractivity contribution in [2.24, 2.45) is 0 Å². The SMILES string of the molecule is N#Cc1c(F)cccc1NCc1ccccc1-c1ccc(Cn2ccnc2)cc1. The molecule has 0 aliphatic rings. The second-order valence-electron chi connectivity index (χ2n) is 6.72. The predicted octanol–water partition coefficient (Wildman–Crippen LogP) is 5.22. The Bertz CT molecular complexity index is 1140. The third-order valence-corrected chi connectivity index (χ3v) is 4.80. The van der Waals surface area contributed by atoms with Crippen molar-refractivity contribution in [3.8, 4) is 17.2 Å². The molecule has 3 aromatic carbocycles. The minimum atomic E-state index is -0.515. The summed E-state index contributed by atoms with van der Waals surface area (Å²) in [6.45, 7) is 1.27. The largest absolute Gasteiger partial charge is 0.380 e. The van der Waals surface area contributed by atoms with Crippen LogP contribution in [0.3, 0.4) is 0 Å². The molecule has 0 unspecified atom stereocenters. The van der Waals surface area contributed by atoms with Crippen molar-refractivity contribution in [2.75, 3.05) is 5.32 Å². The van der Waals surface area contributed by atoms with Crippen molar-refractivity contribution >= 4 is 5.69 Å². The van der Waals surface area contributed by atoms with Gasteiger partial charge in [-0.05, 0) is 34.4 Å². The zero-order valence-electron chi connectivity index (χ0n) is 15.7. The Morgan fingerprint density at radius 1 is 1.00 bits per heavy atom. The summed E-state index contributed by atoms with van der Waals surface area (Å²) in [5.74, 6) is -0.515. The number of imidazole rings is 1. The Kier molecular flexibility index (Phi) is 5.35. The Hall–Kier alpha value is -3.91. The summed E-state index contributed by atoms with van der Waals surface area (Å²) in [7, 11) is 0. The first-order valence-corrected chi connectivity index (χ1v) is 9.30. The van der Waals surface area contributed by atoms with Gasteiger partial charge in [-0.2, -0.15) is 5.26 Å². The maximum atomic E-state index is 13.8. The molecular formula is C24H19FN4. The van der Waals surface area contributed by atoms with E-state index in [0.29, 0.717) is 12.2 Å². The minimum absolute atomic E-state index is 0.0360. The molecule has 5 heteroatoms. The van der Waals surface area contributed by atoms with Crippen molar-refractivity contribution in [1.82, 2.24) is 9.55 Å². The van der Waals surface area contributed by atoms with Crippen LogP contribution in [0, 0.1) is 17.1 Å². The molecule has 0 spiro atoms. The third-order valence-electron chi connectivity index (χ3n) is 4.80. The molecule has 4 rings (SSSR count). The topological polar surface area (TPSA) is 53.6 Å². The van der Waals surface area contributed by atoms with Crippen LogP contribution >= 0.6 is 0 Å². The van der Waals surface area contributed by atoms with Gasteiger partial charge < -0.3 is 9.88 Å². The summed E-state index contributed by atoms with van der Waals surface area (Å²) in [4.78, 5) is 4.07. The molecule has 0 saturated heterocycles. The van der Waals surface area contributed by atoms with Crippen molar-refractivity contribution in [3.05, 3.63) is 108 Å². The highest BCUT2D eigenvalue weighted by Gasteiger charge is 2.09. The monoisotopic (exact) mass is 382 g/mol. The number of nitrogens with one attached hydrogen (secondary N) is 1. The fourth-order valence-corrected chi connectivity index (χ4v) is 3.31. The van der Waals surface area contributed by atoms with E-state index < -0.39 is 5.82 Å². The first kappa shape index (κ1) is 18.5. The molecule has 0 aliphatic carbocycles. The zero-order valence-corrected chi connectivity index (χ0v) is 15.7.